The van der Waals surface area contributed by atoms with Crippen molar-refractivity contribution in [1.29, 1.82) is 0 Å². The highest BCUT2D eigenvalue weighted by Crippen LogP contribution is 2.68. The van der Waals surface area contributed by atoms with Gasteiger partial charge >= 0.3 is 33.6 Å². The molecular weight excluding hydrogens is 1130 g/mol. The van der Waals surface area contributed by atoms with Crippen molar-refractivity contribution in [2.45, 2.75) is 72.9 Å². The van der Waals surface area contributed by atoms with Gasteiger partial charge in [0.05, 0.1) is 25.2 Å². The largest absolute Gasteiger partial charge is 0.744 e. The zero-order valence-electron chi connectivity index (χ0n) is 40.0. The number of fused-ring (bicyclic) bond motifs is 3. The van der Waals surface area contributed by atoms with Gasteiger partial charge in [0.25, 0.3) is 5.91 Å². The SMILES string of the molecule is CN(CCCC(=O)NCCCCCCOP(=O)(O)OP(=O)(O)OP(=O)(O)OC[C@H]1O[C@@H](n2cnc3c(N)ncnc32)[C@H](O)[C@@H]1O)C(=O)c1ccccc1-c1c2ccc(=[NH2+])c(S(=O)(=O)O)c-2oc2c(S(=O)(=O)[O-])c(N)ccc12. The molecule has 0 bridgehead atoms. The first-order valence-electron chi connectivity index (χ1n) is 22.6. The van der Waals surface area contributed by atoms with E-state index in [2.05, 4.69) is 37.9 Å². The van der Waals surface area contributed by atoms with Gasteiger partial charge < -0.3 is 60.3 Å². The van der Waals surface area contributed by atoms with Gasteiger partial charge in [0.2, 0.25) is 16.2 Å². The molecule has 0 spiro atoms. The summed E-state index contributed by atoms with van der Waals surface area (Å²) in [6.07, 6.45) is -2.43. The summed E-state index contributed by atoms with van der Waals surface area (Å²) in [5.74, 6) is -1.56. The van der Waals surface area contributed by atoms with Crippen molar-refractivity contribution in [3.05, 3.63) is 72.1 Å². The number of hydrogen-bond acceptors (Lipinski definition) is 23. The fourth-order valence-corrected chi connectivity index (χ4v) is 13.2. The van der Waals surface area contributed by atoms with Crippen LogP contribution in [0.4, 0.5) is 11.5 Å². The summed E-state index contributed by atoms with van der Waals surface area (Å²) < 4.78 is 140. The predicted molar refractivity (Wildman–Crippen MR) is 262 cm³/mol. The summed E-state index contributed by atoms with van der Waals surface area (Å²) in [6, 6.07) is 10.9. The normalized spacial score (nSPS) is 19.5. The van der Waals surface area contributed by atoms with Gasteiger partial charge in [0.1, 0.15) is 45.2 Å². The second-order valence-electron chi connectivity index (χ2n) is 17.1. The van der Waals surface area contributed by atoms with Gasteiger partial charge in [-0.1, -0.05) is 31.0 Å². The number of carbonyl (C=O) groups is 2. The molecule has 1 fully saturated rings. The molecule has 2 aliphatic heterocycles. The van der Waals surface area contributed by atoms with Crippen LogP contribution in [0.15, 0.2) is 75.4 Å². The first-order chi connectivity index (χ1) is 36.0. The molecule has 1 saturated heterocycles. The van der Waals surface area contributed by atoms with E-state index in [1.54, 1.807) is 6.07 Å². The van der Waals surface area contributed by atoms with E-state index in [9.17, 15) is 74.1 Å². The summed E-state index contributed by atoms with van der Waals surface area (Å²) >= 11 is 0. The molecule has 3 unspecified atom stereocenters. The maximum atomic E-state index is 14.0. The number of amides is 2. The maximum absolute atomic E-state index is 14.0. The third kappa shape index (κ3) is 13.8. The molecule has 2 amide bonds. The van der Waals surface area contributed by atoms with E-state index in [-0.39, 0.29) is 82.9 Å². The summed E-state index contributed by atoms with van der Waals surface area (Å²) in [5.41, 5.74) is 10.9. The van der Waals surface area contributed by atoms with E-state index in [1.807, 2.05) is 0 Å². The Hall–Kier alpha value is -5.67. The van der Waals surface area contributed by atoms with E-state index < -0.39 is 120 Å². The second-order valence-corrected chi connectivity index (χ2v) is 24.4. The van der Waals surface area contributed by atoms with Crippen LogP contribution >= 0.6 is 23.5 Å². The lowest BCUT2D eigenvalue weighted by atomic mass is 9.90. The second kappa shape index (κ2) is 23.3. The van der Waals surface area contributed by atoms with Crippen LogP contribution in [0.1, 0.15) is 55.1 Å². The van der Waals surface area contributed by atoms with Gasteiger partial charge in [0.15, 0.2) is 29.0 Å². The van der Waals surface area contributed by atoms with E-state index in [4.69, 9.17) is 26.0 Å². The van der Waals surface area contributed by atoms with Crippen molar-refractivity contribution in [1.82, 2.24) is 29.7 Å². The lowest BCUT2D eigenvalue weighted by molar-refractivity contribution is -0.176. The lowest BCUT2D eigenvalue weighted by Crippen LogP contribution is -2.47. The number of anilines is 2. The minimum absolute atomic E-state index is 0.00883. The van der Waals surface area contributed by atoms with Crippen LogP contribution in [0.5, 0.6) is 0 Å². The van der Waals surface area contributed by atoms with Crippen LogP contribution in [-0.2, 0) is 61.1 Å². The van der Waals surface area contributed by atoms with Crippen LogP contribution in [0.2, 0.25) is 0 Å². The van der Waals surface area contributed by atoms with Crippen molar-refractivity contribution in [3.8, 4) is 22.5 Å². The van der Waals surface area contributed by atoms with E-state index in [0.29, 0.717) is 19.3 Å². The molecule has 7 rings (SSSR count). The molecular formula is C41H50N9O22P3S2. The Morgan fingerprint density at radius 3 is 2.26 bits per heavy atom. The topological polar surface area (TPSA) is 494 Å². The molecule has 2 aromatic carbocycles. The van der Waals surface area contributed by atoms with Gasteiger partial charge in [-0.15, -0.1) is 0 Å². The van der Waals surface area contributed by atoms with Crippen LogP contribution in [0.25, 0.3) is 44.6 Å². The fourth-order valence-electron chi connectivity index (χ4n) is 8.21. The number of nitrogens with two attached hydrogens (primary N) is 3. The quantitative estimate of drug-likeness (QED) is 0.0130. The number of imidazole rings is 1. The Balaban J connectivity index is 0.838. The third-order valence-corrected chi connectivity index (χ3v) is 17.8. The van der Waals surface area contributed by atoms with Crippen molar-refractivity contribution in [3.63, 3.8) is 0 Å². The third-order valence-electron chi connectivity index (χ3n) is 11.7. The summed E-state index contributed by atoms with van der Waals surface area (Å²) in [5, 5.41) is 29.2. The molecule has 1 aliphatic carbocycles. The highest BCUT2D eigenvalue weighted by molar-refractivity contribution is 7.86. The number of nitrogen functional groups attached to an aromatic ring is 2. The number of aliphatic hydroxyl groups excluding tert-OH is 2. The average molecular weight is 1180 g/mol. The minimum Gasteiger partial charge on any atom is -0.744 e. The summed E-state index contributed by atoms with van der Waals surface area (Å²) in [6.45, 7) is -1.23. The molecule has 13 N–H and O–H groups in total. The Bertz CT molecular complexity index is 3640. The van der Waals surface area contributed by atoms with Crippen LogP contribution in [0.3, 0.4) is 0 Å². The highest BCUT2D eigenvalue weighted by Gasteiger charge is 2.47. The standard InChI is InChI=1S/C41H50N9O22P3S2/c1-49(40(54)23-10-5-4-9-22(23)30-24-12-14-26(42)36(76(61,62)63)34(24)70-35-25(30)13-15-27(43)37(35)77(64,65)66)17-8-11-29(51)45-16-6-2-3-7-18-67-73(55,56)71-75(59,60)72-74(57,58)68-19-28-32(52)33(53)41(69-28)50-21-48-31-38(44)46-20-47-39(31)50/h4-5,9-10,12-15,20-21,28,32-33,41-42,52-53H,2-3,6-8,11,16-19,43H2,1H3,(H,45,51)(H,55,56)(H,57,58)(H,59,60)(H2,44,46,47)(H,61,62,63)(H,64,65,66)/t28-,32-,33-,41-/m1/s1. The molecule has 77 heavy (non-hydrogen) atoms. The summed E-state index contributed by atoms with van der Waals surface area (Å²) in [4.78, 5) is 67.9. The van der Waals surface area contributed by atoms with E-state index >= 15 is 0 Å². The van der Waals surface area contributed by atoms with Crippen molar-refractivity contribution >= 4 is 89.2 Å². The highest BCUT2D eigenvalue weighted by atomic mass is 32.2. The molecule has 4 aromatic rings. The monoisotopic (exact) mass is 1180 g/mol. The Morgan fingerprint density at radius 1 is 0.870 bits per heavy atom. The van der Waals surface area contributed by atoms with Crippen molar-refractivity contribution < 1.29 is 106 Å². The molecule has 418 valence electrons. The van der Waals surface area contributed by atoms with E-state index in [1.165, 1.54) is 53.2 Å². The number of aliphatic hydroxyl groups is 2. The maximum Gasteiger partial charge on any atom is 0.490 e. The number of ether oxygens (including phenoxy) is 1. The number of nitrogens with zero attached hydrogens (tertiary/aromatic N) is 5. The first-order valence-corrected chi connectivity index (χ1v) is 29.9. The Labute approximate surface area is 435 Å². The fraction of sp³-hybridized carbons (Fsp3) is 0.366. The zero-order chi connectivity index (χ0) is 56.4. The number of rotatable bonds is 24. The number of unbranched alkanes of at least 4 members (excludes halogenated alkanes) is 3. The van der Waals surface area contributed by atoms with Gasteiger partial charge in [-0.2, -0.15) is 17.0 Å². The van der Waals surface area contributed by atoms with Crippen molar-refractivity contribution in [2.75, 3.05) is 44.8 Å². The number of aromatic nitrogens is 4. The molecule has 2 aromatic heterocycles. The minimum atomic E-state index is -5.85. The number of hydrogen-bond donors (Lipinski definition) is 10. The Morgan fingerprint density at radius 2 is 1.56 bits per heavy atom. The molecule has 0 saturated carbocycles. The molecule has 7 atom stereocenters. The number of nitrogens with one attached hydrogen (secondary N) is 1. The lowest BCUT2D eigenvalue weighted by Gasteiger charge is -2.23. The van der Waals surface area contributed by atoms with Gasteiger partial charge in [-0.05, 0) is 49.1 Å². The van der Waals surface area contributed by atoms with Gasteiger partial charge in [-0.25, -0.2) is 37.1 Å². The van der Waals surface area contributed by atoms with E-state index in [0.717, 1.165) is 18.5 Å². The average Bonchev–Trinajstić information content (AvgIpc) is 3.94. The van der Waals surface area contributed by atoms with Crippen LogP contribution < -0.4 is 27.6 Å². The molecule has 36 heteroatoms. The Kier molecular flexibility index (Phi) is 17.9. The molecule has 4 heterocycles. The number of carbonyl (C=O) groups excluding carboxylic acids is 2. The van der Waals surface area contributed by atoms with Gasteiger partial charge in [0, 0.05) is 54.7 Å². The zero-order valence-corrected chi connectivity index (χ0v) is 44.3. The predicted octanol–water partition coefficient (Wildman–Crippen LogP) is 0.535. The number of benzene rings is 3. The molecule has 3 aliphatic rings. The van der Waals surface area contributed by atoms with Gasteiger partial charge in [-0.3, -0.25) is 33.2 Å². The summed E-state index contributed by atoms with van der Waals surface area (Å²) in [7, 11) is -25.9. The van der Waals surface area contributed by atoms with Crippen molar-refractivity contribution in [2.24, 2.45) is 0 Å². The number of phosphoric acid groups is 3. The smallest absolute Gasteiger partial charge is 0.490 e. The molecule has 0 radical (unpaired) electrons. The number of phosphoric ester groups is 2. The first kappa shape index (κ1) is 59.0. The molecule has 31 nitrogen and oxygen atoms in total. The van der Waals surface area contributed by atoms with Crippen LogP contribution in [-0.4, -0.2) is 139 Å². The van der Waals surface area contributed by atoms with Crippen LogP contribution in [0, 0.1) is 0 Å².